The quantitative estimate of drug-likeness (QED) is 0.186. The third-order valence-corrected chi connectivity index (χ3v) is 6.13. The zero-order valence-corrected chi connectivity index (χ0v) is 19.8. The first-order valence-electron chi connectivity index (χ1n) is 12.8. The third kappa shape index (κ3) is 11.2. The van der Waals surface area contributed by atoms with Crippen molar-refractivity contribution in [2.24, 2.45) is 0 Å². The average molecular weight is 425 g/mol. The number of hydrogen-bond donors (Lipinski definition) is 2. The smallest absolute Gasteiger partial charge is 0.238 e. The first-order chi connectivity index (χ1) is 15.3. The molecule has 0 heterocycles. The zero-order valence-electron chi connectivity index (χ0n) is 19.8. The van der Waals surface area contributed by atoms with E-state index in [-0.39, 0.29) is 5.91 Å². The van der Waals surface area contributed by atoms with Crippen LogP contribution in [0.4, 0.5) is 5.69 Å². The first kappa shape index (κ1) is 25.2. The average Bonchev–Trinajstić information content (AvgIpc) is 2.80. The maximum Gasteiger partial charge on any atom is 0.238 e. The Labute approximate surface area is 190 Å². The van der Waals surface area contributed by atoms with Gasteiger partial charge in [0, 0.05) is 11.8 Å². The summed E-state index contributed by atoms with van der Waals surface area (Å²) in [4.78, 5) is 12.1. The van der Waals surface area contributed by atoms with Crippen LogP contribution in [0.25, 0.3) is 10.8 Å². The predicted molar refractivity (Wildman–Crippen MR) is 135 cm³/mol. The largest absolute Gasteiger partial charge is 0.298 e. The second kappa shape index (κ2) is 16.6. The van der Waals surface area contributed by atoms with Crippen molar-refractivity contribution in [3.8, 4) is 0 Å². The van der Waals surface area contributed by atoms with Gasteiger partial charge in [-0.25, -0.2) is 0 Å². The number of rotatable bonds is 18. The molecule has 172 valence electrons. The lowest BCUT2D eigenvalue weighted by Gasteiger charge is -2.11. The van der Waals surface area contributed by atoms with Gasteiger partial charge in [-0.3, -0.25) is 15.6 Å². The summed E-state index contributed by atoms with van der Waals surface area (Å²) in [5.74, 6) is 0.0719. The second-order valence-corrected chi connectivity index (χ2v) is 8.90. The molecule has 2 N–H and O–H groups in total. The fourth-order valence-electron chi connectivity index (χ4n) is 4.19. The Morgan fingerprint density at radius 1 is 0.645 bits per heavy atom. The lowest BCUT2D eigenvalue weighted by Crippen LogP contribution is -2.29. The SMILES string of the molecule is CCCCCCCCCCCCCCCCCC(=O)NNc1cccc2ccccc12. The molecule has 0 atom stereocenters. The van der Waals surface area contributed by atoms with Crippen LogP contribution in [0.2, 0.25) is 0 Å². The van der Waals surface area contributed by atoms with Crippen LogP contribution in [0.1, 0.15) is 110 Å². The van der Waals surface area contributed by atoms with Crippen molar-refractivity contribution in [3.05, 3.63) is 42.5 Å². The number of hydrogen-bond acceptors (Lipinski definition) is 2. The highest BCUT2D eigenvalue weighted by molar-refractivity contribution is 5.94. The van der Waals surface area contributed by atoms with E-state index >= 15 is 0 Å². The van der Waals surface area contributed by atoms with Crippen molar-refractivity contribution in [2.75, 3.05) is 5.43 Å². The number of unbranched alkanes of at least 4 members (excludes halogenated alkanes) is 14. The lowest BCUT2D eigenvalue weighted by molar-refractivity contribution is -0.120. The molecule has 0 aliphatic heterocycles. The highest BCUT2D eigenvalue weighted by Crippen LogP contribution is 2.22. The fraction of sp³-hybridized carbons (Fsp3) is 0.607. The summed E-state index contributed by atoms with van der Waals surface area (Å²) >= 11 is 0. The highest BCUT2D eigenvalue weighted by Gasteiger charge is 2.03. The van der Waals surface area contributed by atoms with Crippen LogP contribution in [-0.4, -0.2) is 5.91 Å². The molecule has 3 heteroatoms. The molecule has 0 saturated heterocycles. The maximum absolute atomic E-state index is 12.1. The van der Waals surface area contributed by atoms with E-state index in [1.165, 1.54) is 88.9 Å². The number of carbonyl (C=O) groups is 1. The van der Waals surface area contributed by atoms with Crippen molar-refractivity contribution in [1.29, 1.82) is 0 Å². The van der Waals surface area contributed by atoms with E-state index in [0.29, 0.717) is 6.42 Å². The number of anilines is 1. The Balaban J connectivity index is 1.39. The van der Waals surface area contributed by atoms with Gasteiger partial charge in [-0.05, 0) is 17.9 Å². The molecule has 1 amide bonds. The molecule has 3 nitrogen and oxygen atoms in total. The topological polar surface area (TPSA) is 41.1 Å². The Morgan fingerprint density at radius 3 is 1.77 bits per heavy atom. The van der Waals surface area contributed by atoms with Crippen LogP contribution < -0.4 is 10.9 Å². The Morgan fingerprint density at radius 2 is 1.16 bits per heavy atom. The molecule has 31 heavy (non-hydrogen) atoms. The molecule has 0 bridgehead atoms. The van der Waals surface area contributed by atoms with Gasteiger partial charge in [0.1, 0.15) is 0 Å². The van der Waals surface area contributed by atoms with Crippen LogP contribution >= 0.6 is 0 Å². The van der Waals surface area contributed by atoms with E-state index in [1.54, 1.807) is 0 Å². The molecular formula is C28H44N2O. The minimum atomic E-state index is 0.0719. The summed E-state index contributed by atoms with van der Waals surface area (Å²) in [5.41, 5.74) is 6.89. The number of amides is 1. The van der Waals surface area contributed by atoms with Crippen LogP contribution in [-0.2, 0) is 4.79 Å². The van der Waals surface area contributed by atoms with E-state index in [2.05, 4.69) is 36.0 Å². The third-order valence-electron chi connectivity index (χ3n) is 6.13. The maximum atomic E-state index is 12.1. The van der Waals surface area contributed by atoms with Crippen molar-refractivity contribution in [3.63, 3.8) is 0 Å². The number of carbonyl (C=O) groups excluding carboxylic acids is 1. The van der Waals surface area contributed by atoms with Gasteiger partial charge < -0.3 is 0 Å². The van der Waals surface area contributed by atoms with E-state index < -0.39 is 0 Å². The van der Waals surface area contributed by atoms with Crippen molar-refractivity contribution in [1.82, 2.24) is 5.43 Å². The summed E-state index contributed by atoms with van der Waals surface area (Å²) in [6.07, 6.45) is 20.7. The Kier molecular flexibility index (Phi) is 13.5. The lowest BCUT2D eigenvalue weighted by atomic mass is 10.0. The summed E-state index contributed by atoms with van der Waals surface area (Å²) < 4.78 is 0. The first-order valence-corrected chi connectivity index (χ1v) is 12.8. The molecule has 0 radical (unpaired) electrons. The van der Waals surface area contributed by atoms with Gasteiger partial charge in [-0.1, -0.05) is 133 Å². The van der Waals surface area contributed by atoms with Crippen LogP contribution in [0.3, 0.4) is 0 Å². The van der Waals surface area contributed by atoms with Crippen LogP contribution in [0, 0.1) is 0 Å². The highest BCUT2D eigenvalue weighted by atomic mass is 16.2. The summed E-state index contributed by atoms with van der Waals surface area (Å²) in [5, 5.41) is 2.29. The standard InChI is InChI=1S/C28H44N2O/c1-2-3-4-5-6-7-8-9-10-11-12-13-14-15-16-24-28(31)30-29-27-23-19-21-25-20-17-18-22-26(25)27/h17-23,29H,2-16,24H2,1H3,(H,30,31). The normalized spacial score (nSPS) is 11.0. The second-order valence-electron chi connectivity index (χ2n) is 8.90. The molecule has 0 aliphatic rings. The van der Waals surface area contributed by atoms with Gasteiger partial charge in [0.2, 0.25) is 5.91 Å². The summed E-state index contributed by atoms with van der Waals surface area (Å²) in [7, 11) is 0. The minimum absolute atomic E-state index is 0.0719. The van der Waals surface area contributed by atoms with Gasteiger partial charge in [0.15, 0.2) is 0 Å². The monoisotopic (exact) mass is 424 g/mol. The zero-order chi connectivity index (χ0) is 22.0. The number of nitrogens with one attached hydrogen (secondary N) is 2. The van der Waals surface area contributed by atoms with Gasteiger partial charge in [-0.15, -0.1) is 0 Å². The predicted octanol–water partition coefficient (Wildman–Crippen LogP) is 8.54. The van der Waals surface area contributed by atoms with Gasteiger partial charge in [0.05, 0.1) is 5.69 Å². The van der Waals surface area contributed by atoms with Crippen molar-refractivity contribution >= 4 is 22.4 Å². The van der Waals surface area contributed by atoms with Gasteiger partial charge in [0.25, 0.3) is 0 Å². The van der Waals surface area contributed by atoms with Crippen molar-refractivity contribution < 1.29 is 4.79 Å². The minimum Gasteiger partial charge on any atom is -0.298 e. The molecule has 0 unspecified atom stereocenters. The van der Waals surface area contributed by atoms with Crippen LogP contribution in [0.15, 0.2) is 42.5 Å². The molecule has 0 spiro atoms. The number of benzene rings is 2. The number of fused-ring (bicyclic) bond motifs is 1. The van der Waals surface area contributed by atoms with Crippen LogP contribution in [0.5, 0.6) is 0 Å². The number of hydrazine groups is 1. The molecule has 0 aromatic heterocycles. The molecule has 0 fully saturated rings. The van der Waals surface area contributed by atoms with Gasteiger partial charge in [-0.2, -0.15) is 0 Å². The summed E-state index contributed by atoms with van der Waals surface area (Å²) in [6.45, 7) is 2.28. The fourth-order valence-corrected chi connectivity index (χ4v) is 4.19. The Bertz CT molecular complexity index is 723. The molecule has 0 saturated carbocycles. The summed E-state index contributed by atoms with van der Waals surface area (Å²) in [6, 6.07) is 14.3. The van der Waals surface area contributed by atoms with E-state index in [1.807, 2.05) is 24.3 Å². The molecule has 0 aliphatic carbocycles. The van der Waals surface area contributed by atoms with Gasteiger partial charge >= 0.3 is 0 Å². The van der Waals surface area contributed by atoms with E-state index in [0.717, 1.165) is 23.9 Å². The van der Waals surface area contributed by atoms with Crippen molar-refractivity contribution in [2.45, 2.75) is 110 Å². The molecule has 2 aromatic rings. The van der Waals surface area contributed by atoms with E-state index in [9.17, 15) is 4.79 Å². The molecule has 2 aromatic carbocycles. The molecular weight excluding hydrogens is 380 g/mol. The van der Waals surface area contributed by atoms with E-state index in [4.69, 9.17) is 0 Å². The Hall–Kier alpha value is -2.03. The molecule has 2 rings (SSSR count).